The van der Waals surface area contributed by atoms with Gasteiger partial charge in [0.1, 0.15) is 17.9 Å². The molecule has 2 atom stereocenters. The average molecular weight is 475 g/mol. The minimum absolute atomic E-state index is 0.0831. The van der Waals surface area contributed by atoms with Crippen LogP contribution in [0.3, 0.4) is 0 Å². The fraction of sp³-hybridized carbons (Fsp3) is 0.346. The number of benzene rings is 2. The molecule has 3 fully saturated rings. The lowest BCUT2D eigenvalue weighted by Gasteiger charge is -2.38. The molecule has 6 rings (SSSR count). The van der Waals surface area contributed by atoms with Gasteiger partial charge >= 0.3 is 0 Å². The summed E-state index contributed by atoms with van der Waals surface area (Å²) < 4.78 is 35.7. The van der Waals surface area contributed by atoms with Gasteiger partial charge in [0.25, 0.3) is 5.91 Å². The van der Waals surface area contributed by atoms with Gasteiger partial charge in [-0.25, -0.2) is 13.5 Å². The van der Waals surface area contributed by atoms with Crippen molar-refractivity contribution in [3.63, 3.8) is 0 Å². The number of nitrogens with zero attached hydrogens (tertiary/aromatic N) is 5. The fourth-order valence-corrected chi connectivity index (χ4v) is 5.63. The molecule has 7 nitrogen and oxygen atoms in total. The number of rotatable bonds is 3. The molecular formula is C26H23F2N5O2. The van der Waals surface area contributed by atoms with Crippen LogP contribution in [0.2, 0.25) is 0 Å². The molecule has 0 saturated carbocycles. The first-order valence-electron chi connectivity index (χ1n) is 11.7. The predicted octanol–water partition coefficient (Wildman–Crippen LogP) is 3.59. The third-order valence-electron chi connectivity index (χ3n) is 7.33. The number of hydrogen-bond donors (Lipinski definition) is 0. The Labute approximate surface area is 201 Å². The van der Waals surface area contributed by atoms with E-state index >= 15 is 0 Å². The number of halogens is 2. The Morgan fingerprint density at radius 3 is 2.54 bits per heavy atom. The summed E-state index contributed by atoms with van der Waals surface area (Å²) in [7, 11) is 0. The van der Waals surface area contributed by atoms with Crippen LogP contribution in [-0.4, -0.2) is 50.7 Å². The lowest BCUT2D eigenvalue weighted by molar-refractivity contribution is -0.140. The third kappa shape index (κ3) is 3.56. The number of ether oxygens (including phenoxy) is 1. The first-order chi connectivity index (χ1) is 17.0. The molecule has 178 valence electrons. The number of amides is 1. The molecule has 0 unspecified atom stereocenters. The Bertz CT molecular complexity index is 1310. The van der Waals surface area contributed by atoms with Crippen molar-refractivity contribution in [3.8, 4) is 18.0 Å². The number of terminal acetylenes is 1. The highest BCUT2D eigenvalue weighted by Gasteiger charge is 2.58. The molecule has 35 heavy (non-hydrogen) atoms. The normalized spacial score (nSPS) is 23.1. The van der Waals surface area contributed by atoms with Crippen LogP contribution in [0.25, 0.3) is 5.69 Å². The number of anilines is 1. The molecule has 3 aromatic rings. The highest BCUT2D eigenvalue weighted by Crippen LogP contribution is 2.48. The molecule has 3 saturated heterocycles. The molecule has 0 bridgehead atoms. The zero-order valence-corrected chi connectivity index (χ0v) is 18.9. The lowest BCUT2D eigenvalue weighted by Crippen LogP contribution is -2.50. The summed E-state index contributed by atoms with van der Waals surface area (Å²) in [5.74, 6) is 1.32. The zero-order valence-electron chi connectivity index (χ0n) is 18.9. The second kappa shape index (κ2) is 8.17. The summed E-state index contributed by atoms with van der Waals surface area (Å²) in [4.78, 5) is 17.5. The Kier molecular flexibility index (Phi) is 5.07. The molecule has 1 amide bonds. The van der Waals surface area contributed by atoms with E-state index in [9.17, 15) is 13.6 Å². The molecule has 1 aromatic heterocycles. The van der Waals surface area contributed by atoms with Crippen LogP contribution in [0, 0.1) is 24.0 Å². The molecule has 0 aliphatic carbocycles. The Morgan fingerprint density at radius 1 is 1.09 bits per heavy atom. The van der Waals surface area contributed by atoms with Gasteiger partial charge in [-0.15, -0.1) is 11.5 Å². The van der Waals surface area contributed by atoms with Crippen molar-refractivity contribution in [1.29, 1.82) is 0 Å². The molecule has 0 radical (unpaired) electrons. The maximum atomic E-state index is 13.8. The molecule has 3 aliphatic rings. The highest BCUT2D eigenvalue weighted by molar-refractivity contribution is 5.88. The Balaban J connectivity index is 1.21. The second-order valence-corrected chi connectivity index (χ2v) is 9.26. The van der Waals surface area contributed by atoms with E-state index in [2.05, 4.69) is 21.1 Å². The van der Waals surface area contributed by atoms with Crippen molar-refractivity contribution in [2.75, 3.05) is 18.0 Å². The summed E-state index contributed by atoms with van der Waals surface area (Å²) in [5.41, 5.74) is 2.03. The number of carbonyl (C=O) groups excluding carboxylic acids is 1. The van der Waals surface area contributed by atoms with Gasteiger partial charge in [-0.1, -0.05) is 11.1 Å². The van der Waals surface area contributed by atoms with Gasteiger partial charge in [0.2, 0.25) is 0 Å². The Hall–Kier alpha value is -3.77. The van der Waals surface area contributed by atoms with Gasteiger partial charge in [0, 0.05) is 37.7 Å². The van der Waals surface area contributed by atoms with Gasteiger partial charge in [-0.05, 0) is 48.7 Å². The van der Waals surface area contributed by atoms with Crippen LogP contribution in [0.5, 0.6) is 0 Å². The van der Waals surface area contributed by atoms with Crippen LogP contribution in [-0.2, 0) is 9.53 Å². The van der Waals surface area contributed by atoms with Gasteiger partial charge in [0.15, 0.2) is 5.60 Å². The maximum absolute atomic E-state index is 13.8. The highest BCUT2D eigenvalue weighted by atomic mass is 19.1. The van der Waals surface area contributed by atoms with E-state index in [4.69, 9.17) is 11.2 Å². The van der Waals surface area contributed by atoms with Crippen molar-refractivity contribution in [2.45, 2.75) is 43.6 Å². The molecule has 2 aromatic carbocycles. The number of carbonyl (C=O) groups is 1. The van der Waals surface area contributed by atoms with Crippen molar-refractivity contribution in [3.05, 3.63) is 71.6 Å². The van der Waals surface area contributed by atoms with Crippen LogP contribution in [0.1, 0.15) is 42.9 Å². The standard InChI is InChI=1S/C26H23F2N5O2/c1-2-17-3-4-21(16-23(17)32-12-9-29-30-32)31-10-7-26(8-11-31)25(34)33-22(5-6-24(33)35-26)18-13-19(27)15-20(28)14-18/h1,3-4,9,12-16,22,24H,5-8,10-11H2/t22-,24+/m0/s1. The smallest absolute Gasteiger partial charge is 0.257 e. The van der Waals surface area contributed by atoms with E-state index in [1.807, 2.05) is 18.2 Å². The molecule has 1 spiro atoms. The number of fused-ring (bicyclic) bond motifs is 1. The lowest BCUT2D eigenvalue weighted by atomic mass is 9.89. The minimum atomic E-state index is -0.904. The van der Waals surface area contributed by atoms with Crippen molar-refractivity contribution in [2.24, 2.45) is 0 Å². The topological polar surface area (TPSA) is 63.5 Å². The molecule has 0 N–H and O–H groups in total. The van der Waals surface area contributed by atoms with Crippen LogP contribution < -0.4 is 4.90 Å². The van der Waals surface area contributed by atoms with E-state index in [0.717, 1.165) is 17.4 Å². The molecule has 9 heteroatoms. The van der Waals surface area contributed by atoms with E-state index in [0.29, 0.717) is 49.9 Å². The van der Waals surface area contributed by atoms with Crippen molar-refractivity contribution in [1.82, 2.24) is 19.9 Å². The zero-order chi connectivity index (χ0) is 24.2. The molecular weight excluding hydrogens is 452 g/mol. The van der Waals surface area contributed by atoms with Crippen LogP contribution in [0.15, 0.2) is 48.8 Å². The molecule has 4 heterocycles. The summed E-state index contributed by atoms with van der Waals surface area (Å²) in [6.07, 6.45) is 11.0. The first kappa shape index (κ1) is 21.7. The van der Waals surface area contributed by atoms with E-state index in [1.54, 1.807) is 22.0 Å². The summed E-state index contributed by atoms with van der Waals surface area (Å²) >= 11 is 0. The SMILES string of the molecule is C#Cc1ccc(N2CCC3(CC2)O[C@@H]2CC[C@@H](c4cc(F)cc(F)c4)N2C3=O)cc1-n1ccnn1. The molecule has 3 aliphatic heterocycles. The van der Waals surface area contributed by atoms with Gasteiger partial charge in [-0.3, -0.25) is 4.79 Å². The van der Waals surface area contributed by atoms with Crippen molar-refractivity contribution >= 4 is 11.6 Å². The largest absolute Gasteiger partial charge is 0.371 e. The number of aromatic nitrogens is 3. The third-order valence-corrected chi connectivity index (χ3v) is 7.33. The van der Waals surface area contributed by atoms with E-state index < -0.39 is 17.2 Å². The number of piperidine rings is 1. The summed E-state index contributed by atoms with van der Waals surface area (Å²) in [6, 6.07) is 8.92. The first-order valence-corrected chi connectivity index (χ1v) is 11.7. The number of hydrogen-bond acceptors (Lipinski definition) is 5. The second-order valence-electron chi connectivity index (χ2n) is 9.26. The average Bonchev–Trinajstić information content (AvgIpc) is 3.58. The van der Waals surface area contributed by atoms with E-state index in [1.165, 1.54) is 12.1 Å². The Morgan fingerprint density at radius 2 is 1.86 bits per heavy atom. The quantitative estimate of drug-likeness (QED) is 0.542. The predicted molar refractivity (Wildman–Crippen MR) is 124 cm³/mol. The van der Waals surface area contributed by atoms with Crippen LogP contribution >= 0.6 is 0 Å². The van der Waals surface area contributed by atoms with Crippen LogP contribution in [0.4, 0.5) is 14.5 Å². The summed E-state index contributed by atoms with van der Waals surface area (Å²) in [5, 5.41) is 7.93. The fourth-order valence-electron chi connectivity index (χ4n) is 5.63. The van der Waals surface area contributed by atoms with Crippen molar-refractivity contribution < 1.29 is 18.3 Å². The van der Waals surface area contributed by atoms with E-state index in [-0.39, 0.29) is 18.2 Å². The summed E-state index contributed by atoms with van der Waals surface area (Å²) in [6.45, 7) is 1.25. The maximum Gasteiger partial charge on any atom is 0.257 e. The monoisotopic (exact) mass is 475 g/mol. The van der Waals surface area contributed by atoms with Gasteiger partial charge in [-0.2, -0.15) is 0 Å². The minimum Gasteiger partial charge on any atom is -0.371 e. The van der Waals surface area contributed by atoms with Gasteiger partial charge < -0.3 is 14.5 Å². The van der Waals surface area contributed by atoms with Gasteiger partial charge in [0.05, 0.1) is 29.7 Å².